The minimum Gasteiger partial charge on any atom is -0.443 e. The van der Waals surface area contributed by atoms with Crippen molar-refractivity contribution in [2.24, 2.45) is 22.4 Å². The predicted molar refractivity (Wildman–Crippen MR) is 103 cm³/mol. The van der Waals surface area contributed by atoms with Gasteiger partial charge in [0.05, 0.1) is 18.7 Å². The van der Waals surface area contributed by atoms with Crippen molar-refractivity contribution in [2.45, 2.75) is 20.8 Å². The molecule has 2 atom stereocenters. The molecule has 1 aliphatic heterocycles. The van der Waals surface area contributed by atoms with Gasteiger partial charge in [-0.25, -0.2) is 9.69 Å². The Balaban J connectivity index is 1.91. The number of allylic oxidation sites excluding steroid dienone is 2. The molecule has 0 radical (unpaired) electrons. The number of carbonyl (C=O) groups is 3. The molecular weight excluding hydrogens is 362 g/mol. The number of oxime groups is 1. The fourth-order valence-electron chi connectivity index (χ4n) is 3.15. The molecule has 28 heavy (non-hydrogen) atoms. The van der Waals surface area contributed by atoms with Crippen LogP contribution in [0.2, 0.25) is 0 Å². The molecule has 8 nitrogen and oxygen atoms in total. The van der Waals surface area contributed by atoms with Crippen LogP contribution in [-0.4, -0.2) is 60.3 Å². The maximum absolute atomic E-state index is 12.5. The molecule has 3 amide bonds. The van der Waals surface area contributed by atoms with E-state index in [0.29, 0.717) is 6.61 Å². The Morgan fingerprint density at radius 2 is 2.18 bits per heavy atom. The maximum atomic E-state index is 12.5. The number of hydrogen-bond acceptors (Lipinski definition) is 6. The molecule has 1 aliphatic carbocycles. The summed E-state index contributed by atoms with van der Waals surface area (Å²) in [6, 6.07) is -0.547. The summed E-state index contributed by atoms with van der Waals surface area (Å²) < 4.78 is 5.25. The quantitative estimate of drug-likeness (QED) is 0.114. The SMILES string of the molecule is C#CCN1CC(=O)N(COC(=O)C2C(/C=C(C)/C=N/OCC=C)C2(C)C)C1=O. The van der Waals surface area contributed by atoms with Crippen molar-refractivity contribution < 1.29 is 24.0 Å². The van der Waals surface area contributed by atoms with Crippen LogP contribution in [0.25, 0.3) is 0 Å². The highest BCUT2D eigenvalue weighted by Gasteiger charge is 2.61. The fourth-order valence-corrected chi connectivity index (χ4v) is 3.15. The average molecular weight is 387 g/mol. The number of terminal acetylenes is 1. The lowest BCUT2D eigenvalue weighted by molar-refractivity contribution is -0.151. The Morgan fingerprint density at radius 1 is 1.46 bits per heavy atom. The van der Waals surface area contributed by atoms with Crippen molar-refractivity contribution in [2.75, 3.05) is 26.4 Å². The summed E-state index contributed by atoms with van der Waals surface area (Å²) in [5, 5.41) is 3.81. The van der Waals surface area contributed by atoms with Gasteiger partial charge in [0.25, 0.3) is 5.91 Å². The number of nitrogens with zero attached hydrogens (tertiary/aromatic N) is 3. The molecule has 0 aromatic heterocycles. The minimum atomic E-state index is -0.547. The number of hydrogen-bond donors (Lipinski definition) is 0. The number of urea groups is 1. The Morgan fingerprint density at radius 3 is 2.82 bits per heavy atom. The maximum Gasteiger partial charge on any atom is 0.330 e. The third kappa shape index (κ3) is 4.60. The molecule has 2 aliphatic rings. The van der Waals surface area contributed by atoms with E-state index < -0.39 is 24.6 Å². The van der Waals surface area contributed by atoms with Gasteiger partial charge in [-0.15, -0.1) is 6.42 Å². The van der Waals surface area contributed by atoms with Gasteiger partial charge in [-0.05, 0) is 23.8 Å². The van der Waals surface area contributed by atoms with Crippen LogP contribution >= 0.6 is 0 Å². The fraction of sp³-hybridized carbons (Fsp3) is 0.500. The van der Waals surface area contributed by atoms with E-state index >= 15 is 0 Å². The highest BCUT2D eigenvalue weighted by atomic mass is 16.6. The second-order valence-electron chi connectivity index (χ2n) is 7.31. The largest absolute Gasteiger partial charge is 0.443 e. The zero-order chi connectivity index (χ0) is 20.9. The van der Waals surface area contributed by atoms with Gasteiger partial charge in [-0.1, -0.05) is 43.7 Å². The molecular formula is C20H25N3O5. The number of ether oxygens (including phenoxy) is 1. The van der Waals surface area contributed by atoms with E-state index in [1.54, 1.807) is 12.3 Å². The Hall–Kier alpha value is -3.08. The first-order chi connectivity index (χ1) is 13.2. The lowest BCUT2D eigenvalue weighted by atomic mass is 10.1. The number of carbonyl (C=O) groups excluding carboxylic acids is 3. The van der Waals surface area contributed by atoms with Crippen LogP contribution in [-0.2, 0) is 19.2 Å². The summed E-state index contributed by atoms with van der Waals surface area (Å²) in [4.78, 5) is 43.5. The number of esters is 1. The molecule has 0 spiro atoms. The van der Waals surface area contributed by atoms with Gasteiger partial charge < -0.3 is 14.5 Å². The van der Waals surface area contributed by atoms with Gasteiger partial charge in [0, 0.05) is 0 Å². The molecule has 0 N–H and O–H groups in total. The van der Waals surface area contributed by atoms with Crippen molar-refractivity contribution in [3.05, 3.63) is 24.3 Å². The van der Waals surface area contributed by atoms with Gasteiger partial charge in [-0.3, -0.25) is 9.59 Å². The van der Waals surface area contributed by atoms with E-state index in [1.807, 2.05) is 26.8 Å². The topological polar surface area (TPSA) is 88.5 Å². The highest BCUT2D eigenvalue weighted by Crippen LogP contribution is 2.59. The van der Waals surface area contributed by atoms with E-state index in [2.05, 4.69) is 17.7 Å². The summed E-state index contributed by atoms with van der Waals surface area (Å²) >= 11 is 0. The van der Waals surface area contributed by atoms with Gasteiger partial charge >= 0.3 is 12.0 Å². The standard InChI is InChI=1S/C20H25N3O5/c1-6-8-22-12-16(24)23(19(22)26)13-27-18(25)17-15(20(17,4)5)10-14(3)11-21-28-9-7-2/h1,7,10-11,15,17H,2,8-9,12-13H2,3-5H3/b14-10+,21-11+. The first-order valence-electron chi connectivity index (χ1n) is 8.88. The number of imide groups is 1. The van der Waals surface area contributed by atoms with Gasteiger partial charge in [-0.2, -0.15) is 0 Å². The van der Waals surface area contributed by atoms with E-state index in [-0.39, 0.29) is 30.3 Å². The molecule has 0 aromatic carbocycles. The molecule has 2 rings (SSSR count). The van der Waals surface area contributed by atoms with Gasteiger partial charge in [0.1, 0.15) is 13.2 Å². The molecule has 8 heteroatoms. The molecule has 1 saturated heterocycles. The number of rotatable bonds is 9. The molecule has 1 saturated carbocycles. The van der Waals surface area contributed by atoms with Gasteiger partial charge in [0.15, 0.2) is 6.73 Å². The van der Waals surface area contributed by atoms with Crippen molar-refractivity contribution in [1.82, 2.24) is 9.80 Å². The average Bonchev–Trinajstić information content (AvgIpc) is 3.05. The van der Waals surface area contributed by atoms with Crippen LogP contribution < -0.4 is 0 Å². The molecule has 0 aromatic rings. The van der Waals surface area contributed by atoms with Crippen LogP contribution in [0.15, 0.2) is 29.5 Å². The van der Waals surface area contributed by atoms with E-state index in [9.17, 15) is 14.4 Å². The lowest BCUT2D eigenvalue weighted by Gasteiger charge is -2.15. The third-order valence-corrected chi connectivity index (χ3v) is 4.88. The summed E-state index contributed by atoms with van der Waals surface area (Å²) in [5.41, 5.74) is 0.565. The second-order valence-corrected chi connectivity index (χ2v) is 7.31. The molecule has 2 fully saturated rings. The first kappa shape index (κ1) is 21.2. The predicted octanol–water partition coefficient (Wildman–Crippen LogP) is 1.79. The van der Waals surface area contributed by atoms with E-state index in [0.717, 1.165) is 10.5 Å². The van der Waals surface area contributed by atoms with Crippen LogP contribution in [0, 0.1) is 29.6 Å². The minimum absolute atomic E-state index is 0.0335. The van der Waals surface area contributed by atoms with Crippen LogP contribution in [0.5, 0.6) is 0 Å². The van der Waals surface area contributed by atoms with Crippen LogP contribution in [0.3, 0.4) is 0 Å². The van der Waals surface area contributed by atoms with Crippen molar-refractivity contribution in [3.63, 3.8) is 0 Å². The summed E-state index contributed by atoms with van der Waals surface area (Å²) in [6.45, 7) is 9.15. The molecule has 150 valence electrons. The van der Waals surface area contributed by atoms with Crippen LogP contribution in [0.1, 0.15) is 20.8 Å². The smallest absolute Gasteiger partial charge is 0.330 e. The van der Waals surface area contributed by atoms with Gasteiger partial charge in [0.2, 0.25) is 0 Å². The summed E-state index contributed by atoms with van der Waals surface area (Å²) in [6.07, 6.45) is 10.3. The first-order valence-corrected chi connectivity index (χ1v) is 8.88. The zero-order valence-electron chi connectivity index (χ0n) is 16.4. The van der Waals surface area contributed by atoms with E-state index in [1.165, 1.54) is 4.90 Å². The Labute approximate surface area is 164 Å². The van der Waals surface area contributed by atoms with E-state index in [4.69, 9.17) is 16.0 Å². The summed E-state index contributed by atoms with van der Waals surface area (Å²) in [7, 11) is 0. The highest BCUT2D eigenvalue weighted by molar-refractivity contribution is 6.02. The Bertz CT molecular complexity index is 762. The van der Waals surface area contributed by atoms with Crippen molar-refractivity contribution >= 4 is 24.1 Å². The Kier molecular flexibility index (Phi) is 6.62. The second kappa shape index (κ2) is 8.74. The lowest BCUT2D eigenvalue weighted by Crippen LogP contribution is -2.36. The molecule has 0 bridgehead atoms. The van der Waals surface area contributed by atoms with Crippen molar-refractivity contribution in [3.8, 4) is 12.3 Å². The molecule has 1 heterocycles. The van der Waals surface area contributed by atoms with Crippen molar-refractivity contribution in [1.29, 1.82) is 0 Å². The third-order valence-electron chi connectivity index (χ3n) is 4.88. The normalized spacial score (nSPS) is 23.7. The number of amides is 3. The molecule has 2 unspecified atom stereocenters. The zero-order valence-corrected chi connectivity index (χ0v) is 16.4. The monoisotopic (exact) mass is 387 g/mol. The van der Waals surface area contributed by atoms with Crippen LogP contribution in [0.4, 0.5) is 4.79 Å². The summed E-state index contributed by atoms with van der Waals surface area (Å²) in [5.74, 6) is 1.04.